The first-order chi connectivity index (χ1) is 11.9. The summed E-state index contributed by atoms with van der Waals surface area (Å²) in [5.41, 5.74) is 1.11. The number of benzene rings is 1. The van der Waals surface area contributed by atoms with Gasteiger partial charge in [0.1, 0.15) is 0 Å². The van der Waals surface area contributed by atoms with E-state index in [0.717, 1.165) is 43.4 Å². The molecule has 0 amide bonds. The maximum atomic E-state index is 12.4. The van der Waals surface area contributed by atoms with Crippen molar-refractivity contribution in [3.8, 4) is 0 Å². The fraction of sp³-hybridized carbons (Fsp3) is 0.500. The van der Waals surface area contributed by atoms with Crippen LogP contribution in [0.3, 0.4) is 0 Å². The molecule has 1 aliphatic heterocycles. The average Bonchev–Trinajstić information content (AvgIpc) is 3.05. The Morgan fingerprint density at radius 1 is 1.12 bits per heavy atom. The van der Waals surface area contributed by atoms with Gasteiger partial charge in [-0.15, -0.1) is 10.2 Å². The van der Waals surface area contributed by atoms with Gasteiger partial charge in [-0.2, -0.15) is 13.2 Å². The predicted molar refractivity (Wildman–Crippen MR) is 87.7 cm³/mol. The lowest BCUT2D eigenvalue weighted by Gasteiger charge is -2.36. The van der Waals surface area contributed by atoms with Crippen molar-refractivity contribution in [3.05, 3.63) is 41.1 Å². The molecule has 1 aromatic heterocycles. The summed E-state index contributed by atoms with van der Waals surface area (Å²) >= 11 is 6.02. The van der Waals surface area contributed by atoms with E-state index < -0.39 is 12.1 Å². The van der Waals surface area contributed by atoms with E-state index >= 15 is 0 Å². The van der Waals surface area contributed by atoms with Crippen molar-refractivity contribution < 1.29 is 17.6 Å². The van der Waals surface area contributed by atoms with E-state index in [1.54, 1.807) is 0 Å². The summed E-state index contributed by atoms with van der Waals surface area (Å²) < 4.78 is 41.8. The SMILES string of the molecule is FC(F)(F)c1nnc(CCCN2CCN(c3cccc(Cl)c3)CC2)o1. The fourth-order valence-electron chi connectivity index (χ4n) is 2.83. The van der Waals surface area contributed by atoms with Crippen LogP contribution >= 0.6 is 11.6 Å². The van der Waals surface area contributed by atoms with Gasteiger partial charge in [-0.1, -0.05) is 17.7 Å². The van der Waals surface area contributed by atoms with E-state index in [4.69, 9.17) is 11.6 Å². The van der Waals surface area contributed by atoms with Gasteiger partial charge in [-0.3, -0.25) is 4.90 Å². The molecule has 0 atom stereocenters. The smallest absolute Gasteiger partial charge is 0.417 e. The van der Waals surface area contributed by atoms with Crippen molar-refractivity contribution in [2.45, 2.75) is 19.0 Å². The maximum absolute atomic E-state index is 12.4. The molecular formula is C16H18ClF3N4O. The molecule has 2 aromatic rings. The summed E-state index contributed by atoms with van der Waals surface area (Å²) in [4.78, 5) is 4.55. The van der Waals surface area contributed by atoms with E-state index in [1.807, 2.05) is 24.3 Å². The van der Waals surface area contributed by atoms with Crippen LogP contribution in [0.5, 0.6) is 0 Å². The number of aromatic nitrogens is 2. The summed E-state index contributed by atoms with van der Waals surface area (Å²) in [6, 6.07) is 7.77. The Hall–Kier alpha value is -1.80. The van der Waals surface area contributed by atoms with Crippen molar-refractivity contribution in [3.63, 3.8) is 0 Å². The topological polar surface area (TPSA) is 45.4 Å². The minimum absolute atomic E-state index is 0.0323. The van der Waals surface area contributed by atoms with E-state index in [-0.39, 0.29) is 5.89 Å². The van der Waals surface area contributed by atoms with E-state index in [0.29, 0.717) is 12.8 Å². The van der Waals surface area contributed by atoms with Gasteiger partial charge in [0.2, 0.25) is 5.89 Å². The quantitative estimate of drug-likeness (QED) is 0.801. The van der Waals surface area contributed by atoms with Gasteiger partial charge >= 0.3 is 12.1 Å². The van der Waals surface area contributed by atoms with Gasteiger partial charge in [0.25, 0.3) is 0 Å². The molecule has 9 heteroatoms. The molecule has 1 aromatic carbocycles. The zero-order chi connectivity index (χ0) is 17.9. The Morgan fingerprint density at radius 3 is 2.52 bits per heavy atom. The Bertz CT molecular complexity index is 699. The standard InChI is InChI=1S/C16H18ClF3N4O/c17-12-3-1-4-13(11-12)24-9-7-23(8-10-24)6-2-5-14-21-22-15(25-14)16(18,19)20/h1,3-4,11H,2,5-10H2. The molecule has 5 nitrogen and oxygen atoms in total. The number of aryl methyl sites for hydroxylation is 1. The summed E-state index contributed by atoms with van der Waals surface area (Å²) in [7, 11) is 0. The Morgan fingerprint density at radius 2 is 1.88 bits per heavy atom. The first kappa shape index (κ1) is 18.0. The van der Waals surface area contributed by atoms with Crippen LogP contribution in [-0.2, 0) is 12.6 Å². The highest BCUT2D eigenvalue weighted by molar-refractivity contribution is 6.30. The molecule has 1 aliphatic rings. The maximum Gasteiger partial charge on any atom is 0.470 e. The van der Waals surface area contributed by atoms with Crippen molar-refractivity contribution in [2.75, 3.05) is 37.6 Å². The summed E-state index contributed by atoms with van der Waals surface area (Å²) in [5, 5.41) is 7.20. The number of anilines is 1. The minimum Gasteiger partial charge on any atom is -0.417 e. The van der Waals surface area contributed by atoms with Gasteiger partial charge in [0, 0.05) is 43.3 Å². The van der Waals surface area contributed by atoms with Crippen LogP contribution in [0.1, 0.15) is 18.2 Å². The van der Waals surface area contributed by atoms with E-state index in [9.17, 15) is 13.2 Å². The predicted octanol–water partition coefficient (Wildman–Crippen LogP) is 3.50. The Balaban J connectivity index is 1.41. The van der Waals surface area contributed by atoms with Crippen LogP contribution in [-0.4, -0.2) is 47.8 Å². The summed E-state index contributed by atoms with van der Waals surface area (Å²) in [5.74, 6) is -1.25. The van der Waals surface area contributed by atoms with Crippen molar-refractivity contribution >= 4 is 17.3 Å². The molecule has 0 radical (unpaired) electrons. The van der Waals surface area contributed by atoms with Gasteiger partial charge in [-0.25, -0.2) is 0 Å². The molecule has 136 valence electrons. The zero-order valence-electron chi connectivity index (χ0n) is 13.5. The molecule has 0 N–H and O–H groups in total. The Kier molecular flexibility index (Phi) is 5.48. The minimum atomic E-state index is -4.58. The van der Waals surface area contributed by atoms with E-state index in [2.05, 4.69) is 24.4 Å². The third-order valence-corrected chi connectivity index (χ3v) is 4.36. The number of halogens is 4. The lowest BCUT2D eigenvalue weighted by Crippen LogP contribution is -2.46. The van der Waals surface area contributed by atoms with Crippen molar-refractivity contribution in [2.24, 2.45) is 0 Å². The third kappa shape index (κ3) is 4.85. The fourth-order valence-corrected chi connectivity index (χ4v) is 3.01. The number of hydrogen-bond acceptors (Lipinski definition) is 5. The van der Waals surface area contributed by atoms with Crippen LogP contribution < -0.4 is 4.90 Å². The first-order valence-corrected chi connectivity index (χ1v) is 8.42. The molecule has 2 heterocycles. The van der Waals surface area contributed by atoms with Gasteiger partial charge in [0.15, 0.2) is 0 Å². The van der Waals surface area contributed by atoms with Gasteiger partial charge in [-0.05, 0) is 31.2 Å². The average molecular weight is 375 g/mol. The molecule has 0 saturated carbocycles. The first-order valence-electron chi connectivity index (χ1n) is 8.04. The monoisotopic (exact) mass is 374 g/mol. The summed E-state index contributed by atoms with van der Waals surface area (Å²) in [6.45, 7) is 4.35. The van der Waals surface area contributed by atoms with E-state index in [1.165, 1.54) is 0 Å². The van der Waals surface area contributed by atoms with Crippen molar-refractivity contribution in [1.82, 2.24) is 15.1 Å². The van der Waals surface area contributed by atoms with Gasteiger partial charge in [0.05, 0.1) is 0 Å². The number of rotatable bonds is 5. The molecule has 25 heavy (non-hydrogen) atoms. The molecule has 3 rings (SSSR count). The van der Waals surface area contributed by atoms with Crippen LogP contribution in [0.4, 0.5) is 18.9 Å². The second-order valence-electron chi connectivity index (χ2n) is 5.91. The lowest BCUT2D eigenvalue weighted by atomic mass is 10.2. The largest absolute Gasteiger partial charge is 0.470 e. The number of piperazine rings is 1. The van der Waals surface area contributed by atoms with Crippen LogP contribution in [0.25, 0.3) is 0 Å². The highest BCUT2D eigenvalue weighted by atomic mass is 35.5. The Labute approximate surface area is 148 Å². The van der Waals surface area contributed by atoms with Crippen LogP contribution in [0, 0.1) is 0 Å². The van der Waals surface area contributed by atoms with Crippen molar-refractivity contribution in [1.29, 1.82) is 0 Å². The molecule has 1 saturated heterocycles. The lowest BCUT2D eigenvalue weighted by molar-refractivity contribution is -0.157. The number of hydrogen-bond donors (Lipinski definition) is 0. The van der Waals surface area contributed by atoms with Crippen LogP contribution in [0.2, 0.25) is 5.02 Å². The summed E-state index contributed by atoms with van der Waals surface area (Å²) in [6.07, 6.45) is -3.56. The second-order valence-corrected chi connectivity index (χ2v) is 6.35. The molecule has 0 spiro atoms. The second kappa shape index (κ2) is 7.61. The molecule has 0 unspecified atom stereocenters. The zero-order valence-corrected chi connectivity index (χ0v) is 14.2. The molecule has 0 bridgehead atoms. The molecule has 0 aliphatic carbocycles. The molecule has 1 fully saturated rings. The third-order valence-electron chi connectivity index (χ3n) is 4.12. The number of alkyl halides is 3. The normalized spacial score (nSPS) is 16.4. The van der Waals surface area contributed by atoms with Crippen LogP contribution in [0.15, 0.2) is 28.7 Å². The van der Waals surface area contributed by atoms with Gasteiger partial charge < -0.3 is 9.32 Å². The highest BCUT2D eigenvalue weighted by Gasteiger charge is 2.38. The number of nitrogens with zero attached hydrogens (tertiary/aromatic N) is 4. The molecular weight excluding hydrogens is 357 g/mol. The highest BCUT2D eigenvalue weighted by Crippen LogP contribution is 2.28.